The minimum absolute atomic E-state index is 0.593. The summed E-state index contributed by atoms with van der Waals surface area (Å²) in [5.74, 6) is 1.61. The first kappa shape index (κ1) is 21.6. The third-order valence-electron chi connectivity index (χ3n) is 4.82. The maximum Gasteiger partial charge on any atom is 0.191 e. The first-order chi connectivity index (χ1) is 14.7. The molecule has 0 aliphatic carbocycles. The van der Waals surface area contributed by atoms with Gasteiger partial charge in [-0.05, 0) is 30.0 Å². The molecule has 0 atom stereocenters. The van der Waals surface area contributed by atoms with Crippen LogP contribution >= 0.6 is 0 Å². The zero-order valence-electron chi connectivity index (χ0n) is 17.9. The molecule has 0 unspecified atom stereocenters. The van der Waals surface area contributed by atoms with Gasteiger partial charge >= 0.3 is 0 Å². The van der Waals surface area contributed by atoms with Crippen LogP contribution in [0.3, 0.4) is 0 Å². The Morgan fingerprint density at radius 3 is 2.70 bits per heavy atom. The minimum Gasteiger partial charge on any atom is -0.493 e. The van der Waals surface area contributed by atoms with Gasteiger partial charge in [-0.3, -0.25) is 9.98 Å². The number of benzene rings is 2. The van der Waals surface area contributed by atoms with Gasteiger partial charge in [-0.15, -0.1) is 0 Å². The molecule has 1 heterocycles. The van der Waals surface area contributed by atoms with Crippen molar-refractivity contribution in [2.45, 2.75) is 26.4 Å². The van der Waals surface area contributed by atoms with Crippen molar-refractivity contribution >= 4 is 16.7 Å². The quantitative estimate of drug-likeness (QED) is 0.321. The first-order valence-corrected chi connectivity index (χ1v) is 10.2. The van der Waals surface area contributed by atoms with Gasteiger partial charge in [-0.2, -0.15) is 0 Å². The molecular formula is C24H30N4O2. The van der Waals surface area contributed by atoms with E-state index in [1.807, 2.05) is 24.4 Å². The van der Waals surface area contributed by atoms with E-state index in [2.05, 4.69) is 57.9 Å². The molecule has 0 amide bonds. The minimum atomic E-state index is 0.593. The van der Waals surface area contributed by atoms with E-state index in [9.17, 15) is 0 Å². The first-order valence-electron chi connectivity index (χ1n) is 10.2. The van der Waals surface area contributed by atoms with E-state index in [-0.39, 0.29) is 0 Å². The summed E-state index contributed by atoms with van der Waals surface area (Å²) in [6, 6.07) is 16.5. The van der Waals surface area contributed by atoms with Gasteiger partial charge in [0.1, 0.15) is 5.75 Å². The molecule has 158 valence electrons. The number of nitrogens with zero attached hydrogens (tertiary/aromatic N) is 2. The van der Waals surface area contributed by atoms with E-state index in [1.165, 1.54) is 10.9 Å². The number of rotatable bonds is 9. The van der Waals surface area contributed by atoms with Gasteiger partial charge in [0.15, 0.2) is 5.96 Å². The lowest BCUT2D eigenvalue weighted by Gasteiger charge is -2.16. The summed E-state index contributed by atoms with van der Waals surface area (Å²) in [6.45, 7) is 4.59. The van der Waals surface area contributed by atoms with Crippen LogP contribution in [0.25, 0.3) is 10.8 Å². The summed E-state index contributed by atoms with van der Waals surface area (Å²) < 4.78 is 11.1. The van der Waals surface area contributed by atoms with Crippen LogP contribution in [0, 0.1) is 6.92 Å². The topological polar surface area (TPSA) is 67.8 Å². The average Bonchev–Trinajstić information content (AvgIpc) is 2.78. The Morgan fingerprint density at radius 1 is 1.03 bits per heavy atom. The summed E-state index contributed by atoms with van der Waals surface area (Å²) in [6.07, 6.45) is 2.70. The molecule has 1 aromatic heterocycles. The number of aromatic nitrogens is 1. The van der Waals surface area contributed by atoms with Gasteiger partial charge in [-0.25, -0.2) is 0 Å². The number of methoxy groups -OCH3 is 1. The molecule has 6 heteroatoms. The number of hydrogen-bond acceptors (Lipinski definition) is 4. The molecule has 0 aliphatic rings. The maximum atomic E-state index is 5.97. The molecule has 0 saturated heterocycles. The Kier molecular flexibility index (Phi) is 8.03. The molecule has 0 radical (unpaired) electrons. The predicted molar refractivity (Wildman–Crippen MR) is 122 cm³/mol. The fraction of sp³-hybridized carbons (Fsp3) is 0.333. The van der Waals surface area contributed by atoms with E-state index in [0.717, 1.165) is 34.8 Å². The molecule has 0 saturated carbocycles. The molecule has 30 heavy (non-hydrogen) atoms. The highest BCUT2D eigenvalue weighted by atomic mass is 16.5. The van der Waals surface area contributed by atoms with Gasteiger partial charge in [0.25, 0.3) is 0 Å². The zero-order chi connectivity index (χ0) is 21.2. The molecule has 2 aromatic carbocycles. The normalized spacial score (nSPS) is 11.5. The second-order valence-corrected chi connectivity index (χ2v) is 7.06. The van der Waals surface area contributed by atoms with Gasteiger partial charge in [0.05, 0.1) is 18.8 Å². The highest BCUT2D eigenvalue weighted by Crippen LogP contribution is 2.20. The van der Waals surface area contributed by atoms with Gasteiger partial charge in [-0.1, -0.05) is 36.4 Å². The van der Waals surface area contributed by atoms with Crippen LogP contribution in [0.4, 0.5) is 0 Å². The van der Waals surface area contributed by atoms with Crippen LogP contribution in [0.1, 0.15) is 23.2 Å². The summed E-state index contributed by atoms with van der Waals surface area (Å²) in [4.78, 5) is 8.87. The second kappa shape index (κ2) is 11.2. The Balaban J connectivity index is 1.60. The predicted octanol–water partition coefficient (Wildman–Crippen LogP) is 3.82. The number of fused-ring (bicyclic) bond motifs is 1. The number of guanidine groups is 1. The Bertz CT molecular complexity index is 983. The van der Waals surface area contributed by atoms with Crippen molar-refractivity contribution in [2.75, 3.05) is 27.4 Å². The number of ether oxygens (including phenoxy) is 2. The van der Waals surface area contributed by atoms with E-state index in [1.54, 1.807) is 14.2 Å². The molecule has 0 bridgehead atoms. The van der Waals surface area contributed by atoms with Crippen LogP contribution in [-0.2, 0) is 17.8 Å². The van der Waals surface area contributed by atoms with E-state index >= 15 is 0 Å². The lowest BCUT2D eigenvalue weighted by molar-refractivity contribution is 0.171. The summed E-state index contributed by atoms with van der Waals surface area (Å²) in [5.41, 5.74) is 3.25. The van der Waals surface area contributed by atoms with Crippen molar-refractivity contribution < 1.29 is 9.47 Å². The number of aliphatic imine (C=N–C) groups is 1. The lowest BCUT2D eigenvalue weighted by Crippen LogP contribution is -2.36. The number of aryl methyl sites for hydroxylation is 1. The Hall–Kier alpha value is -3.12. The van der Waals surface area contributed by atoms with Crippen LogP contribution in [-0.4, -0.2) is 38.3 Å². The fourth-order valence-electron chi connectivity index (χ4n) is 3.22. The number of pyridine rings is 1. The lowest BCUT2D eigenvalue weighted by atomic mass is 10.1. The van der Waals surface area contributed by atoms with Crippen LogP contribution in [0.5, 0.6) is 5.75 Å². The Labute approximate surface area is 178 Å². The van der Waals surface area contributed by atoms with Crippen molar-refractivity contribution in [3.8, 4) is 5.75 Å². The third-order valence-corrected chi connectivity index (χ3v) is 4.82. The van der Waals surface area contributed by atoms with E-state index in [0.29, 0.717) is 26.3 Å². The SMILES string of the molecule is CN=C(NCc1ccc(C)cc1OCCCOC)NCc1nccc2ccccc12. The highest BCUT2D eigenvalue weighted by molar-refractivity contribution is 5.85. The molecule has 2 N–H and O–H groups in total. The Morgan fingerprint density at radius 2 is 1.87 bits per heavy atom. The van der Waals surface area contributed by atoms with Crippen molar-refractivity contribution in [2.24, 2.45) is 4.99 Å². The zero-order valence-corrected chi connectivity index (χ0v) is 17.9. The van der Waals surface area contributed by atoms with Crippen molar-refractivity contribution in [1.29, 1.82) is 0 Å². The third kappa shape index (κ3) is 5.94. The molecule has 6 nitrogen and oxygen atoms in total. The molecule has 3 aromatic rings. The maximum absolute atomic E-state index is 5.97. The van der Waals surface area contributed by atoms with E-state index in [4.69, 9.17) is 9.47 Å². The average molecular weight is 407 g/mol. The van der Waals surface area contributed by atoms with Crippen LogP contribution in [0.2, 0.25) is 0 Å². The number of nitrogens with one attached hydrogen (secondary N) is 2. The summed E-state index contributed by atoms with van der Waals surface area (Å²) >= 11 is 0. The molecule has 0 spiro atoms. The van der Waals surface area contributed by atoms with Crippen molar-refractivity contribution in [1.82, 2.24) is 15.6 Å². The molecular weight excluding hydrogens is 376 g/mol. The van der Waals surface area contributed by atoms with Crippen LogP contribution < -0.4 is 15.4 Å². The van der Waals surface area contributed by atoms with Gasteiger partial charge < -0.3 is 20.1 Å². The van der Waals surface area contributed by atoms with E-state index < -0.39 is 0 Å². The van der Waals surface area contributed by atoms with Gasteiger partial charge in [0, 0.05) is 50.9 Å². The largest absolute Gasteiger partial charge is 0.493 e. The highest BCUT2D eigenvalue weighted by Gasteiger charge is 2.07. The smallest absolute Gasteiger partial charge is 0.191 e. The summed E-state index contributed by atoms with van der Waals surface area (Å²) in [7, 11) is 3.47. The van der Waals surface area contributed by atoms with Crippen molar-refractivity contribution in [3.63, 3.8) is 0 Å². The molecule has 3 rings (SSSR count). The standard InChI is InChI=1S/C24H30N4O2/c1-18-9-10-20(23(15-18)30-14-6-13-29-3)16-27-24(25-2)28-17-22-21-8-5-4-7-19(21)11-12-26-22/h4-5,7-12,15H,6,13-14,16-17H2,1-3H3,(H2,25,27,28). The van der Waals surface area contributed by atoms with Gasteiger partial charge in [0.2, 0.25) is 0 Å². The fourth-order valence-corrected chi connectivity index (χ4v) is 3.22. The monoisotopic (exact) mass is 406 g/mol. The summed E-state index contributed by atoms with van der Waals surface area (Å²) in [5, 5.41) is 9.06. The molecule has 0 aliphatic heterocycles. The number of hydrogen-bond donors (Lipinski definition) is 2. The second-order valence-electron chi connectivity index (χ2n) is 7.06. The van der Waals surface area contributed by atoms with Crippen molar-refractivity contribution in [3.05, 3.63) is 71.5 Å². The van der Waals surface area contributed by atoms with Crippen LogP contribution in [0.15, 0.2) is 59.7 Å². The molecule has 0 fully saturated rings.